The Morgan fingerprint density at radius 2 is 1.70 bits per heavy atom. The molecule has 0 fully saturated rings. The molecular weight excluding hydrogens is 431 g/mol. The summed E-state index contributed by atoms with van der Waals surface area (Å²) in [6.07, 6.45) is -1.64. The highest BCUT2D eigenvalue weighted by atomic mass is 19.4. The number of likely N-dealkylation sites (N-methyl/N-ethyl adjacent to an activating group) is 1. The van der Waals surface area contributed by atoms with Gasteiger partial charge in [0.25, 0.3) is 0 Å². The number of aryl methyl sites for hydroxylation is 1. The Morgan fingerprint density at radius 3 is 2.24 bits per heavy atom. The summed E-state index contributed by atoms with van der Waals surface area (Å²) in [5.74, 6) is 0.272. The van der Waals surface area contributed by atoms with E-state index in [9.17, 15) is 18.0 Å². The van der Waals surface area contributed by atoms with Gasteiger partial charge in [-0.25, -0.2) is 4.98 Å². The van der Waals surface area contributed by atoms with Crippen LogP contribution in [-0.2, 0) is 17.4 Å². The lowest BCUT2D eigenvalue weighted by Gasteiger charge is -2.26. The fourth-order valence-corrected chi connectivity index (χ4v) is 3.55. The average Bonchev–Trinajstić information content (AvgIpc) is 2.84. The van der Waals surface area contributed by atoms with Gasteiger partial charge in [0.1, 0.15) is 6.04 Å². The van der Waals surface area contributed by atoms with Crippen LogP contribution in [-0.4, -0.2) is 25.0 Å². The molecular formula is C25H26F3N3O2. The smallest absolute Gasteiger partial charge is 0.416 e. The third-order valence-electron chi connectivity index (χ3n) is 5.38. The molecule has 0 aliphatic heterocycles. The molecule has 1 aromatic heterocycles. The number of aromatic nitrogens is 1. The van der Waals surface area contributed by atoms with Gasteiger partial charge in [-0.05, 0) is 41.7 Å². The third kappa shape index (κ3) is 6.55. The maximum atomic E-state index is 12.9. The molecule has 5 nitrogen and oxygen atoms in total. The number of alkyl halides is 3. The SMILES string of the molecule is CNC(=O)C(N[C@@H](CCc1ccc(C(F)(F)F)cc1)c1ccc(OC)nc1)c1ccccc1. The second kappa shape index (κ2) is 11.0. The standard InChI is InChI=1S/C25H26F3N3O2/c1-29-24(32)23(18-6-4-3-5-7-18)31-21(19-11-15-22(33-2)30-16-19)14-10-17-8-12-20(13-9-17)25(26,27)28/h3-9,11-13,15-16,21,23,31H,10,14H2,1-2H3,(H,29,32)/t21-,23?/m0/s1. The van der Waals surface area contributed by atoms with Gasteiger partial charge in [0, 0.05) is 25.4 Å². The summed E-state index contributed by atoms with van der Waals surface area (Å²) in [4.78, 5) is 16.9. The number of nitrogens with one attached hydrogen (secondary N) is 2. The number of amides is 1. The normalized spacial score (nSPS) is 13.2. The molecule has 0 spiro atoms. The van der Waals surface area contributed by atoms with Crippen molar-refractivity contribution in [2.45, 2.75) is 31.1 Å². The Hall–Kier alpha value is -3.39. The molecule has 1 heterocycles. The number of pyridine rings is 1. The number of carbonyl (C=O) groups excluding carboxylic acids is 1. The minimum Gasteiger partial charge on any atom is -0.481 e. The van der Waals surface area contributed by atoms with Crippen molar-refractivity contribution < 1.29 is 22.7 Å². The zero-order valence-electron chi connectivity index (χ0n) is 18.4. The molecule has 0 bridgehead atoms. The highest BCUT2D eigenvalue weighted by Gasteiger charge is 2.30. The predicted molar refractivity (Wildman–Crippen MR) is 120 cm³/mol. The Labute approximate surface area is 191 Å². The van der Waals surface area contributed by atoms with E-state index in [0.29, 0.717) is 18.7 Å². The zero-order valence-corrected chi connectivity index (χ0v) is 18.4. The number of benzene rings is 2. The topological polar surface area (TPSA) is 63.2 Å². The number of hydrogen-bond acceptors (Lipinski definition) is 4. The van der Waals surface area contributed by atoms with Gasteiger partial charge in [-0.3, -0.25) is 10.1 Å². The number of carbonyl (C=O) groups is 1. The van der Waals surface area contributed by atoms with E-state index in [4.69, 9.17) is 4.74 Å². The van der Waals surface area contributed by atoms with Crippen molar-refractivity contribution in [3.63, 3.8) is 0 Å². The number of ether oxygens (including phenoxy) is 1. The lowest BCUT2D eigenvalue weighted by molar-refractivity contribution is -0.137. The van der Waals surface area contributed by atoms with E-state index in [1.165, 1.54) is 19.2 Å². The first-order valence-electron chi connectivity index (χ1n) is 10.5. The second-order valence-electron chi connectivity index (χ2n) is 7.54. The molecule has 3 aromatic rings. The van der Waals surface area contributed by atoms with Crippen LogP contribution in [0.1, 0.15) is 40.8 Å². The summed E-state index contributed by atoms with van der Waals surface area (Å²) >= 11 is 0. The summed E-state index contributed by atoms with van der Waals surface area (Å²) in [5.41, 5.74) is 1.74. The quantitative estimate of drug-likeness (QED) is 0.482. The van der Waals surface area contributed by atoms with Crippen molar-refractivity contribution in [1.29, 1.82) is 0 Å². The number of rotatable bonds is 9. The number of halogens is 3. The van der Waals surface area contributed by atoms with E-state index in [2.05, 4.69) is 15.6 Å². The van der Waals surface area contributed by atoms with Gasteiger partial charge < -0.3 is 10.1 Å². The van der Waals surface area contributed by atoms with Crippen molar-refractivity contribution in [3.05, 3.63) is 95.2 Å². The number of nitrogens with zero attached hydrogens (tertiary/aromatic N) is 1. The lowest BCUT2D eigenvalue weighted by atomic mass is 9.97. The van der Waals surface area contributed by atoms with Crippen LogP contribution in [0.25, 0.3) is 0 Å². The first-order chi connectivity index (χ1) is 15.8. The molecule has 8 heteroatoms. The molecule has 2 N–H and O–H groups in total. The molecule has 0 aliphatic carbocycles. The molecule has 1 unspecified atom stereocenters. The summed E-state index contributed by atoms with van der Waals surface area (Å²) < 4.78 is 43.7. The van der Waals surface area contributed by atoms with Gasteiger partial charge in [-0.2, -0.15) is 13.2 Å². The summed E-state index contributed by atoms with van der Waals surface area (Å²) in [5, 5.41) is 6.10. The molecule has 1 amide bonds. The van der Waals surface area contributed by atoms with Crippen molar-refractivity contribution in [1.82, 2.24) is 15.6 Å². The van der Waals surface area contributed by atoms with Crippen LogP contribution in [0, 0.1) is 0 Å². The fraction of sp³-hybridized carbons (Fsp3) is 0.280. The van der Waals surface area contributed by atoms with Crippen molar-refractivity contribution >= 4 is 5.91 Å². The van der Waals surface area contributed by atoms with Crippen LogP contribution in [0.2, 0.25) is 0 Å². The predicted octanol–water partition coefficient (Wildman–Crippen LogP) is 4.86. The van der Waals surface area contributed by atoms with Crippen LogP contribution in [0.3, 0.4) is 0 Å². The number of methoxy groups -OCH3 is 1. The van der Waals surface area contributed by atoms with Gasteiger partial charge in [-0.1, -0.05) is 48.5 Å². The lowest BCUT2D eigenvalue weighted by Crippen LogP contribution is -2.38. The van der Waals surface area contributed by atoms with Crippen LogP contribution < -0.4 is 15.4 Å². The maximum Gasteiger partial charge on any atom is 0.416 e. The van der Waals surface area contributed by atoms with Crippen LogP contribution in [0.4, 0.5) is 13.2 Å². The van der Waals surface area contributed by atoms with Crippen LogP contribution >= 0.6 is 0 Å². The second-order valence-corrected chi connectivity index (χ2v) is 7.54. The van der Waals surface area contributed by atoms with Gasteiger partial charge in [0.2, 0.25) is 11.8 Å². The first kappa shape index (κ1) is 24.3. The van der Waals surface area contributed by atoms with Crippen molar-refractivity contribution in [2.24, 2.45) is 0 Å². The third-order valence-corrected chi connectivity index (χ3v) is 5.38. The maximum absolute atomic E-state index is 12.9. The Morgan fingerprint density at radius 1 is 1.00 bits per heavy atom. The Bertz CT molecular complexity index is 1020. The number of hydrogen-bond donors (Lipinski definition) is 2. The highest BCUT2D eigenvalue weighted by Crippen LogP contribution is 2.30. The van der Waals surface area contributed by atoms with Crippen LogP contribution in [0.5, 0.6) is 5.88 Å². The van der Waals surface area contributed by atoms with E-state index < -0.39 is 17.8 Å². The van der Waals surface area contributed by atoms with E-state index in [-0.39, 0.29) is 11.9 Å². The Kier molecular flexibility index (Phi) is 8.06. The minimum atomic E-state index is -4.37. The Balaban J connectivity index is 1.84. The molecule has 2 atom stereocenters. The summed E-state index contributed by atoms with van der Waals surface area (Å²) in [6.45, 7) is 0. The molecule has 0 aliphatic rings. The van der Waals surface area contributed by atoms with Crippen LogP contribution in [0.15, 0.2) is 72.9 Å². The molecule has 3 rings (SSSR count). The van der Waals surface area contributed by atoms with E-state index >= 15 is 0 Å². The molecule has 0 saturated heterocycles. The fourth-order valence-electron chi connectivity index (χ4n) is 3.55. The van der Waals surface area contributed by atoms with Gasteiger partial charge in [-0.15, -0.1) is 0 Å². The first-order valence-corrected chi connectivity index (χ1v) is 10.5. The van der Waals surface area contributed by atoms with Crippen molar-refractivity contribution in [2.75, 3.05) is 14.2 Å². The average molecular weight is 457 g/mol. The summed E-state index contributed by atoms with van der Waals surface area (Å²) in [6, 6.07) is 17.2. The minimum absolute atomic E-state index is 0.192. The van der Waals surface area contributed by atoms with Crippen molar-refractivity contribution in [3.8, 4) is 5.88 Å². The van der Waals surface area contributed by atoms with E-state index in [0.717, 1.165) is 28.8 Å². The van der Waals surface area contributed by atoms with E-state index in [1.807, 2.05) is 36.4 Å². The molecule has 0 radical (unpaired) electrons. The zero-order chi connectivity index (χ0) is 23.8. The molecule has 2 aromatic carbocycles. The molecule has 0 saturated carbocycles. The van der Waals surface area contributed by atoms with Gasteiger partial charge >= 0.3 is 6.18 Å². The largest absolute Gasteiger partial charge is 0.481 e. The highest BCUT2D eigenvalue weighted by molar-refractivity contribution is 5.83. The monoisotopic (exact) mass is 457 g/mol. The van der Waals surface area contributed by atoms with Gasteiger partial charge in [0.15, 0.2) is 0 Å². The van der Waals surface area contributed by atoms with E-state index in [1.54, 1.807) is 19.3 Å². The molecule has 174 valence electrons. The summed E-state index contributed by atoms with van der Waals surface area (Å²) in [7, 11) is 3.10. The molecule has 33 heavy (non-hydrogen) atoms. The van der Waals surface area contributed by atoms with Gasteiger partial charge in [0.05, 0.1) is 12.7 Å².